The minimum Gasteiger partial charge on any atom is -0.380 e. The number of aliphatic hydroxyl groups excluding tert-OH is 1. The molecule has 5 heteroatoms. The Bertz CT molecular complexity index is 510. The third-order valence-corrected chi connectivity index (χ3v) is 2.46. The fraction of sp³-hybridized carbons (Fsp3) is 0.273. The van der Waals surface area contributed by atoms with Crippen molar-refractivity contribution >= 4 is 0 Å². The first-order chi connectivity index (χ1) is 7.72. The zero-order valence-corrected chi connectivity index (χ0v) is 8.92. The number of aryl methyl sites for hydroxylation is 1. The molecule has 2 aromatic heterocycles. The zero-order valence-electron chi connectivity index (χ0n) is 8.92. The molecule has 0 aliphatic heterocycles. The maximum atomic E-state index is 10.9. The smallest absolute Gasteiger partial charge is 0.247 e. The van der Waals surface area contributed by atoms with Crippen molar-refractivity contribution in [3.05, 3.63) is 52.5 Å². The van der Waals surface area contributed by atoms with E-state index in [0.29, 0.717) is 11.4 Å². The molecule has 5 nitrogen and oxygen atoms in total. The van der Waals surface area contributed by atoms with Gasteiger partial charge in [-0.25, -0.2) is 4.98 Å². The van der Waals surface area contributed by atoms with Gasteiger partial charge in [-0.3, -0.25) is 4.79 Å². The summed E-state index contributed by atoms with van der Waals surface area (Å²) in [5.41, 5.74) is 0.440. The molecule has 1 unspecified atom stereocenters. The van der Waals surface area contributed by atoms with Crippen molar-refractivity contribution in [3.63, 3.8) is 0 Å². The van der Waals surface area contributed by atoms with Gasteiger partial charge in [0.25, 0.3) is 0 Å². The standard InChI is InChI=1S/C11H13N3O2/c1-2-14-6-5-12-11(14)10(16)8-3-4-9(15)13-7-8/h3-7,10,16H,2H2,1H3,(H,13,15). The number of nitrogens with one attached hydrogen (secondary N) is 1. The molecule has 2 heterocycles. The zero-order chi connectivity index (χ0) is 11.5. The number of hydrogen-bond acceptors (Lipinski definition) is 3. The molecule has 0 radical (unpaired) electrons. The summed E-state index contributed by atoms with van der Waals surface area (Å²) in [4.78, 5) is 17.5. The average molecular weight is 219 g/mol. The summed E-state index contributed by atoms with van der Waals surface area (Å²) in [6, 6.07) is 2.98. The van der Waals surface area contributed by atoms with Crippen molar-refractivity contribution in [2.75, 3.05) is 0 Å². The van der Waals surface area contributed by atoms with Crippen molar-refractivity contribution in [2.24, 2.45) is 0 Å². The maximum absolute atomic E-state index is 10.9. The lowest BCUT2D eigenvalue weighted by molar-refractivity contribution is 0.204. The quantitative estimate of drug-likeness (QED) is 0.797. The van der Waals surface area contributed by atoms with Crippen LogP contribution in [0.3, 0.4) is 0 Å². The van der Waals surface area contributed by atoms with Gasteiger partial charge in [0.15, 0.2) is 0 Å². The third kappa shape index (κ3) is 1.90. The summed E-state index contributed by atoms with van der Waals surface area (Å²) in [7, 11) is 0. The predicted octanol–water partition coefficient (Wildman–Crippen LogP) is 0.673. The fourth-order valence-electron chi connectivity index (χ4n) is 1.58. The largest absolute Gasteiger partial charge is 0.380 e. The molecule has 1 atom stereocenters. The molecule has 2 N–H and O–H groups in total. The van der Waals surface area contributed by atoms with E-state index < -0.39 is 6.10 Å². The molecule has 16 heavy (non-hydrogen) atoms. The van der Waals surface area contributed by atoms with E-state index in [0.717, 1.165) is 6.54 Å². The Morgan fingerprint density at radius 2 is 2.38 bits per heavy atom. The van der Waals surface area contributed by atoms with Crippen molar-refractivity contribution in [2.45, 2.75) is 19.6 Å². The Morgan fingerprint density at radius 3 is 3.00 bits per heavy atom. The van der Waals surface area contributed by atoms with Crippen molar-refractivity contribution in [3.8, 4) is 0 Å². The molecule has 0 amide bonds. The fourth-order valence-corrected chi connectivity index (χ4v) is 1.58. The van der Waals surface area contributed by atoms with Crippen LogP contribution in [0.25, 0.3) is 0 Å². The molecule has 0 bridgehead atoms. The number of hydrogen-bond donors (Lipinski definition) is 2. The predicted molar refractivity (Wildman–Crippen MR) is 59.0 cm³/mol. The minimum absolute atomic E-state index is 0.185. The normalized spacial score (nSPS) is 12.6. The van der Waals surface area contributed by atoms with Crippen LogP contribution in [0.1, 0.15) is 24.4 Å². The van der Waals surface area contributed by atoms with Gasteiger partial charge in [0, 0.05) is 36.8 Å². The number of imidazole rings is 1. The Labute approximate surface area is 92.4 Å². The molecular formula is C11H13N3O2. The van der Waals surface area contributed by atoms with E-state index in [-0.39, 0.29) is 5.56 Å². The van der Waals surface area contributed by atoms with Crippen molar-refractivity contribution in [1.29, 1.82) is 0 Å². The van der Waals surface area contributed by atoms with Gasteiger partial charge in [-0.1, -0.05) is 0 Å². The highest BCUT2D eigenvalue weighted by Crippen LogP contribution is 2.18. The van der Waals surface area contributed by atoms with Crippen molar-refractivity contribution < 1.29 is 5.11 Å². The van der Waals surface area contributed by atoms with Gasteiger partial charge in [-0.2, -0.15) is 0 Å². The summed E-state index contributed by atoms with van der Waals surface area (Å²) in [5.74, 6) is 0.578. The molecule has 2 rings (SSSR count). The van der Waals surface area contributed by atoms with Gasteiger partial charge < -0.3 is 14.7 Å². The van der Waals surface area contributed by atoms with Gasteiger partial charge in [-0.05, 0) is 13.0 Å². The summed E-state index contributed by atoms with van der Waals surface area (Å²) in [5, 5.41) is 10.1. The van der Waals surface area contributed by atoms with Gasteiger partial charge >= 0.3 is 0 Å². The summed E-state index contributed by atoms with van der Waals surface area (Å²) >= 11 is 0. The number of nitrogens with zero attached hydrogens (tertiary/aromatic N) is 2. The Balaban J connectivity index is 2.35. The summed E-state index contributed by atoms with van der Waals surface area (Å²) < 4.78 is 1.86. The van der Waals surface area contributed by atoms with Crippen molar-refractivity contribution in [1.82, 2.24) is 14.5 Å². The monoisotopic (exact) mass is 219 g/mol. The highest BCUT2D eigenvalue weighted by atomic mass is 16.3. The minimum atomic E-state index is -0.813. The van der Waals surface area contributed by atoms with Crippen LogP contribution in [-0.4, -0.2) is 19.6 Å². The molecule has 0 aromatic carbocycles. The van der Waals surface area contributed by atoms with Crippen LogP contribution < -0.4 is 5.56 Å². The highest BCUT2D eigenvalue weighted by Gasteiger charge is 2.15. The van der Waals surface area contributed by atoms with E-state index in [4.69, 9.17) is 0 Å². The van der Waals surface area contributed by atoms with Crippen LogP contribution in [0, 0.1) is 0 Å². The lowest BCUT2D eigenvalue weighted by atomic mass is 10.1. The summed E-state index contributed by atoms with van der Waals surface area (Å²) in [6.07, 6.45) is 4.14. The van der Waals surface area contributed by atoms with E-state index in [1.54, 1.807) is 12.3 Å². The van der Waals surface area contributed by atoms with Gasteiger partial charge in [0.2, 0.25) is 5.56 Å². The lowest BCUT2D eigenvalue weighted by Gasteiger charge is -2.11. The van der Waals surface area contributed by atoms with Crippen LogP contribution >= 0.6 is 0 Å². The van der Waals surface area contributed by atoms with Gasteiger partial charge in [0.1, 0.15) is 11.9 Å². The number of rotatable bonds is 3. The average Bonchev–Trinajstić information content (AvgIpc) is 2.77. The maximum Gasteiger partial charge on any atom is 0.247 e. The summed E-state index contributed by atoms with van der Waals surface area (Å²) in [6.45, 7) is 2.72. The third-order valence-electron chi connectivity index (χ3n) is 2.46. The first kappa shape index (κ1) is 10.6. The Hall–Kier alpha value is -1.88. The number of aromatic amines is 1. The molecule has 0 saturated heterocycles. The molecular weight excluding hydrogens is 206 g/mol. The number of H-pyrrole nitrogens is 1. The first-order valence-electron chi connectivity index (χ1n) is 5.10. The SMILES string of the molecule is CCn1ccnc1C(O)c1ccc(=O)[nH]c1. The van der Waals surface area contributed by atoms with Crippen LogP contribution in [0.2, 0.25) is 0 Å². The molecule has 0 aliphatic rings. The first-order valence-corrected chi connectivity index (χ1v) is 5.10. The van der Waals surface area contributed by atoms with Crippen LogP contribution in [0.5, 0.6) is 0 Å². The molecule has 0 aliphatic carbocycles. The van der Waals surface area contributed by atoms with E-state index in [2.05, 4.69) is 9.97 Å². The van der Waals surface area contributed by atoms with Crippen LogP contribution in [-0.2, 0) is 6.54 Å². The van der Waals surface area contributed by atoms with Gasteiger partial charge in [0.05, 0.1) is 0 Å². The van der Waals surface area contributed by atoms with Crippen LogP contribution in [0.4, 0.5) is 0 Å². The van der Waals surface area contributed by atoms with E-state index in [1.807, 2.05) is 17.7 Å². The van der Waals surface area contributed by atoms with E-state index >= 15 is 0 Å². The van der Waals surface area contributed by atoms with E-state index in [9.17, 15) is 9.90 Å². The lowest BCUT2D eigenvalue weighted by Crippen LogP contribution is -2.11. The molecule has 0 saturated carbocycles. The number of aliphatic hydroxyl groups is 1. The van der Waals surface area contributed by atoms with Gasteiger partial charge in [-0.15, -0.1) is 0 Å². The Kier molecular flexibility index (Phi) is 2.87. The second-order valence-electron chi connectivity index (χ2n) is 3.46. The topological polar surface area (TPSA) is 70.9 Å². The van der Waals surface area contributed by atoms with Crippen LogP contribution in [0.15, 0.2) is 35.5 Å². The second-order valence-corrected chi connectivity index (χ2v) is 3.46. The second kappa shape index (κ2) is 4.32. The highest BCUT2D eigenvalue weighted by molar-refractivity contribution is 5.19. The molecule has 2 aromatic rings. The number of pyridine rings is 1. The molecule has 0 spiro atoms. The molecule has 84 valence electrons. The molecule has 0 fully saturated rings. The Morgan fingerprint density at radius 1 is 1.56 bits per heavy atom. The van der Waals surface area contributed by atoms with E-state index in [1.165, 1.54) is 12.3 Å². The number of aromatic nitrogens is 3.